The number of benzene rings is 1. The summed E-state index contributed by atoms with van der Waals surface area (Å²) >= 11 is 0. The Bertz CT molecular complexity index is 2520. The molecule has 2 saturated heterocycles. The molecule has 4 aliphatic rings. The van der Waals surface area contributed by atoms with Crippen molar-refractivity contribution in [3.63, 3.8) is 0 Å². The van der Waals surface area contributed by atoms with Crippen molar-refractivity contribution >= 4 is 39.5 Å². The van der Waals surface area contributed by atoms with Gasteiger partial charge in [0.1, 0.15) is 11.6 Å². The van der Waals surface area contributed by atoms with Crippen molar-refractivity contribution in [1.82, 2.24) is 38.3 Å². The molecule has 65 heavy (non-hydrogen) atoms. The van der Waals surface area contributed by atoms with E-state index in [0.717, 1.165) is 81.7 Å². The first-order valence-electron chi connectivity index (χ1n) is 21.6. The van der Waals surface area contributed by atoms with E-state index in [4.69, 9.17) is 30.2 Å². The van der Waals surface area contributed by atoms with Gasteiger partial charge in [-0.2, -0.15) is 8.42 Å². The summed E-state index contributed by atoms with van der Waals surface area (Å²) in [4.78, 5) is 47.2. The van der Waals surface area contributed by atoms with Crippen molar-refractivity contribution in [2.75, 3.05) is 70.0 Å². The largest absolute Gasteiger partial charge is 1.00 e. The summed E-state index contributed by atoms with van der Waals surface area (Å²) < 4.78 is 62.0. The third-order valence-electron chi connectivity index (χ3n) is 10.8. The van der Waals surface area contributed by atoms with Gasteiger partial charge in [0.2, 0.25) is 11.9 Å². The molecule has 8 heterocycles. The SMILES string of the molecule is CC(C)c1ncc2c(=O)n3c(nn12)N(CC1CCOCC1)CC3.CC(C)c1ncc2c(=O)n3c(nn12)NCC3.Cc1ccc(S(=O)(=O)OCC2CCOCC2)cc1.O=CO[O-].[2H]CF.[Cs+].[Cs+].[H-]. The molecule has 0 saturated carbocycles. The molecule has 5 aromatic rings. The molecule has 1 N–H and O–H groups in total. The summed E-state index contributed by atoms with van der Waals surface area (Å²) in [6.07, 6.45) is 7.17. The Morgan fingerprint density at radius 3 is 1.91 bits per heavy atom. The maximum absolute atomic E-state index is 12.7. The van der Waals surface area contributed by atoms with E-state index in [-0.39, 0.29) is 186 Å². The molecule has 348 valence electrons. The fourth-order valence-corrected chi connectivity index (χ4v) is 8.40. The number of alkyl halides is 1. The van der Waals surface area contributed by atoms with Crippen molar-refractivity contribution in [2.24, 2.45) is 11.8 Å². The number of ether oxygens (including phenoxy) is 2. The van der Waals surface area contributed by atoms with Crippen molar-refractivity contribution in [1.29, 1.82) is 0 Å². The van der Waals surface area contributed by atoms with Gasteiger partial charge in [-0.15, -0.1) is 10.2 Å². The molecule has 0 atom stereocenters. The number of hydrogen-bond acceptors (Lipinski definition) is 16. The van der Waals surface area contributed by atoms with E-state index in [0.29, 0.717) is 49.2 Å². The Hall–Kier alpha value is -1.19. The van der Waals surface area contributed by atoms with Crippen molar-refractivity contribution < 1.29 is 182 Å². The maximum Gasteiger partial charge on any atom is 1.00 e. The summed E-state index contributed by atoms with van der Waals surface area (Å²) in [5, 5.41) is 20.7. The van der Waals surface area contributed by atoms with Gasteiger partial charge in [-0.05, 0) is 56.6 Å². The number of aryl methyl sites for hydroxylation is 1. The van der Waals surface area contributed by atoms with Crippen LogP contribution in [-0.4, -0.2) is 113 Å². The van der Waals surface area contributed by atoms with Crippen LogP contribution in [0.25, 0.3) is 11.0 Å². The van der Waals surface area contributed by atoms with E-state index in [1.165, 1.54) is 0 Å². The number of imidazole rings is 2. The number of rotatable bonds is 9. The number of carbonyl (C=O) groups excluding carboxylic acids is 1. The number of nitrogens with zero attached hydrogens (tertiary/aromatic N) is 9. The topological polar surface area (TPSA) is 231 Å². The first kappa shape index (κ1) is 56.4. The Kier molecular flexibility index (Phi) is 24.7. The predicted octanol–water partition coefficient (Wildman–Crippen LogP) is -3.03. The minimum absolute atomic E-state index is 0. The second-order valence-electron chi connectivity index (χ2n) is 15.9. The number of anilines is 2. The van der Waals surface area contributed by atoms with E-state index in [2.05, 4.69) is 44.0 Å². The van der Waals surface area contributed by atoms with Gasteiger partial charge in [0.15, 0.2) is 11.0 Å². The maximum atomic E-state index is 12.7. The van der Waals surface area contributed by atoms with Crippen LogP contribution in [0.1, 0.15) is 85.2 Å². The third-order valence-corrected chi connectivity index (χ3v) is 12.1. The number of aromatic nitrogens is 8. The van der Waals surface area contributed by atoms with E-state index in [9.17, 15) is 22.4 Å². The Morgan fingerprint density at radius 1 is 0.877 bits per heavy atom. The molecule has 0 radical (unpaired) electrons. The van der Waals surface area contributed by atoms with Gasteiger partial charge < -0.3 is 31.3 Å². The minimum atomic E-state index is -3.62. The van der Waals surface area contributed by atoms with E-state index >= 15 is 0 Å². The average Bonchev–Trinajstić information content (AvgIpc) is 4.12. The minimum Gasteiger partial charge on any atom is -1.00 e. The second-order valence-corrected chi connectivity index (χ2v) is 17.5. The quantitative estimate of drug-likeness (QED) is 0.0670. The molecule has 24 heteroatoms. The Balaban J connectivity index is 0.000000320. The van der Waals surface area contributed by atoms with Crippen LogP contribution in [0.3, 0.4) is 0 Å². The summed E-state index contributed by atoms with van der Waals surface area (Å²) in [6, 6.07) is 6.69. The molecule has 0 bridgehead atoms. The fourth-order valence-electron chi connectivity index (χ4n) is 7.42. The van der Waals surface area contributed by atoms with E-state index in [1.54, 1.807) is 54.8 Å². The van der Waals surface area contributed by atoms with E-state index in [1.807, 2.05) is 20.8 Å². The van der Waals surface area contributed by atoms with Crippen molar-refractivity contribution in [2.45, 2.75) is 90.1 Å². The van der Waals surface area contributed by atoms with Crippen molar-refractivity contribution in [3.8, 4) is 0 Å². The number of hydrogen-bond donors (Lipinski definition) is 1. The Labute approximate surface area is 498 Å². The summed E-state index contributed by atoms with van der Waals surface area (Å²) in [7, 11) is -4.62. The van der Waals surface area contributed by atoms with E-state index < -0.39 is 17.3 Å². The zero-order valence-corrected chi connectivity index (χ0v) is 51.7. The fraction of sp³-hybridized carbons (Fsp3) is 0.585. The van der Waals surface area contributed by atoms with Crippen LogP contribution in [0.5, 0.6) is 0 Å². The smallest absolute Gasteiger partial charge is 1.00 e. The molecule has 4 aromatic heterocycles. The monoisotopic (exact) mass is 1170 g/mol. The van der Waals surface area contributed by atoms with Crippen LogP contribution in [0.2, 0.25) is 0 Å². The van der Waals surface area contributed by atoms with Gasteiger partial charge in [0, 0.05) is 71.0 Å². The van der Waals surface area contributed by atoms with Gasteiger partial charge in [-0.1, -0.05) is 45.4 Å². The van der Waals surface area contributed by atoms with Crippen LogP contribution in [0.4, 0.5) is 16.3 Å². The van der Waals surface area contributed by atoms with Crippen LogP contribution >= 0.6 is 0 Å². The molecule has 20 nitrogen and oxygen atoms in total. The molecule has 1 aromatic carbocycles. The summed E-state index contributed by atoms with van der Waals surface area (Å²) in [5.74, 6) is 4.47. The van der Waals surface area contributed by atoms with Crippen molar-refractivity contribution in [3.05, 3.63) is 74.6 Å². The molecular formula is C41H59Cs2FN10O10S. The van der Waals surface area contributed by atoms with Crippen LogP contribution in [0, 0.1) is 18.8 Å². The van der Waals surface area contributed by atoms with Crippen LogP contribution < -0.4 is 164 Å². The molecule has 2 fully saturated rings. The molecule has 0 spiro atoms. The first-order chi connectivity index (χ1) is 30.7. The van der Waals surface area contributed by atoms with Gasteiger partial charge in [-0.3, -0.25) is 32.1 Å². The van der Waals surface area contributed by atoms with Gasteiger partial charge in [-0.25, -0.2) is 19.0 Å². The van der Waals surface area contributed by atoms with Crippen LogP contribution in [-0.2, 0) is 46.5 Å². The standard InChI is InChI=1S/C16H23N5O2.C13H18O4S.C10H13N5O.CH3F.CH2O3.2Cs.H/c1-11(2)14-17-9-13-15(22)20-6-5-19(16(20)18-21(13)14)10-12-3-7-23-8-4-12;1-11-2-4-13(5-3-11)18(14,15)17-10-12-6-8-16-9-7-12;1-6(2)8-12-5-7-9(16)14-4-3-11-10(14)13-15(7)8;1-2;2-1-4-3;;;/h9,11-12H,3-8,10H2,1-2H3;2-5,12H,6-10H2,1H3;5-6H,3-4H2,1-2H3,(H,11,13);1H3;1,3H;;;/q;;;;;2*+1;-1/p-1/i;;;1D;;;;. The zero-order chi connectivity index (χ0) is 46.4. The molecule has 9 rings (SSSR count). The number of halogens is 1. The predicted molar refractivity (Wildman–Crippen MR) is 230 cm³/mol. The molecule has 4 aliphatic heterocycles. The summed E-state index contributed by atoms with van der Waals surface area (Å²) in [5.41, 5.74) is 2.15. The third kappa shape index (κ3) is 15.4. The molecule has 0 aliphatic carbocycles. The number of fused-ring (bicyclic) bond motifs is 4. The second kappa shape index (κ2) is 28.5. The molecular weight excluding hydrogens is 1110 g/mol. The van der Waals surface area contributed by atoms with Gasteiger partial charge in [0.25, 0.3) is 27.7 Å². The first-order valence-corrected chi connectivity index (χ1v) is 22.3. The zero-order valence-electron chi connectivity index (χ0n) is 40.4. The average molecular weight is 1170 g/mol. The molecule has 0 unspecified atom stereocenters. The van der Waals surface area contributed by atoms with Gasteiger partial charge >= 0.3 is 138 Å². The molecule has 0 amide bonds. The normalized spacial score (nSPS) is 15.8. The van der Waals surface area contributed by atoms with Gasteiger partial charge in [0.05, 0.1) is 32.4 Å². The Morgan fingerprint density at radius 2 is 1.38 bits per heavy atom. The summed E-state index contributed by atoms with van der Waals surface area (Å²) in [6.45, 7) is 17.2. The number of nitrogens with one attached hydrogen (secondary N) is 1. The van der Waals surface area contributed by atoms with Crippen LogP contribution in [0.15, 0.2) is 51.1 Å². The number of carbonyl (C=O) groups is 1.